The number of aromatic nitrogens is 1. The number of phenols is 1. The lowest BCUT2D eigenvalue weighted by Crippen LogP contribution is -2.54. The molecule has 150 valence electrons. The SMILES string of the molecule is CC1(C)CC[C@H](N)CN1c1c(O)cc2c(=O)c(C(=O)O)cn(C3CC3)c2c1Cl. The van der Waals surface area contributed by atoms with Crippen molar-refractivity contribution in [3.8, 4) is 5.75 Å². The summed E-state index contributed by atoms with van der Waals surface area (Å²) in [5, 5.41) is 20.6. The quantitative estimate of drug-likeness (QED) is 0.724. The molecule has 4 N–H and O–H groups in total. The minimum Gasteiger partial charge on any atom is -0.506 e. The Labute approximate surface area is 167 Å². The van der Waals surface area contributed by atoms with Crippen molar-refractivity contribution in [1.82, 2.24) is 4.57 Å². The number of carboxylic acids is 1. The lowest BCUT2D eigenvalue weighted by atomic mass is 9.87. The van der Waals surface area contributed by atoms with Gasteiger partial charge in [-0.15, -0.1) is 0 Å². The molecule has 0 amide bonds. The molecule has 1 aliphatic carbocycles. The van der Waals surface area contributed by atoms with Crippen LogP contribution < -0.4 is 16.1 Å². The minimum absolute atomic E-state index is 0.0424. The number of aromatic carboxylic acids is 1. The molecule has 0 unspecified atom stereocenters. The molecule has 1 aromatic heterocycles. The molecule has 1 saturated heterocycles. The number of nitrogens with zero attached hydrogens (tertiary/aromatic N) is 2. The zero-order valence-corrected chi connectivity index (χ0v) is 16.7. The van der Waals surface area contributed by atoms with Crippen molar-refractivity contribution >= 4 is 34.2 Å². The van der Waals surface area contributed by atoms with Crippen LogP contribution in [0.4, 0.5) is 5.69 Å². The van der Waals surface area contributed by atoms with Gasteiger partial charge in [0, 0.05) is 30.4 Å². The van der Waals surface area contributed by atoms with E-state index in [4.69, 9.17) is 17.3 Å². The molecule has 7 nitrogen and oxygen atoms in total. The van der Waals surface area contributed by atoms with E-state index in [1.54, 1.807) is 4.57 Å². The van der Waals surface area contributed by atoms with Crippen molar-refractivity contribution in [3.05, 3.63) is 33.1 Å². The van der Waals surface area contributed by atoms with Crippen LogP contribution in [0, 0.1) is 0 Å². The Balaban J connectivity index is 2.03. The third-order valence-corrected chi connectivity index (χ3v) is 6.28. The molecule has 2 heterocycles. The van der Waals surface area contributed by atoms with Crippen LogP contribution in [-0.2, 0) is 0 Å². The van der Waals surface area contributed by atoms with Crippen LogP contribution in [-0.4, -0.2) is 38.9 Å². The van der Waals surface area contributed by atoms with Crippen molar-refractivity contribution in [2.45, 2.75) is 57.2 Å². The summed E-state index contributed by atoms with van der Waals surface area (Å²) in [7, 11) is 0. The van der Waals surface area contributed by atoms with E-state index in [1.807, 2.05) is 4.90 Å². The Morgan fingerprint density at radius 3 is 2.61 bits per heavy atom. The standard InChI is InChI=1S/C20H24ClN3O4/c1-20(2)6-5-10(22)8-24(20)17-14(25)7-12-16(15(17)21)23(11-3-4-11)9-13(18(12)26)19(27)28/h7,9-11,25H,3-6,8,22H2,1-2H3,(H,27,28)/t10-/m0/s1. The van der Waals surface area contributed by atoms with Crippen LogP contribution in [0.1, 0.15) is 55.9 Å². The topological polar surface area (TPSA) is 109 Å². The fourth-order valence-electron chi connectivity index (χ4n) is 4.14. The van der Waals surface area contributed by atoms with Gasteiger partial charge in [-0.3, -0.25) is 4.79 Å². The van der Waals surface area contributed by atoms with E-state index in [0.717, 1.165) is 25.7 Å². The van der Waals surface area contributed by atoms with E-state index < -0.39 is 11.4 Å². The van der Waals surface area contributed by atoms with Crippen LogP contribution in [0.15, 0.2) is 17.1 Å². The predicted octanol–water partition coefficient (Wildman–Crippen LogP) is 3.10. The van der Waals surface area contributed by atoms with Crippen molar-refractivity contribution in [1.29, 1.82) is 0 Å². The van der Waals surface area contributed by atoms with Crippen LogP contribution in [0.5, 0.6) is 5.75 Å². The summed E-state index contributed by atoms with van der Waals surface area (Å²) in [6.07, 6.45) is 4.89. The summed E-state index contributed by atoms with van der Waals surface area (Å²) < 4.78 is 1.78. The van der Waals surface area contributed by atoms with Gasteiger partial charge in [0.05, 0.1) is 15.9 Å². The van der Waals surface area contributed by atoms with Gasteiger partial charge in [-0.1, -0.05) is 11.6 Å². The second kappa shape index (κ2) is 6.39. The number of nitrogens with two attached hydrogens (primary N) is 1. The molecule has 2 aromatic rings. The number of hydrogen-bond donors (Lipinski definition) is 3. The van der Waals surface area contributed by atoms with E-state index >= 15 is 0 Å². The number of pyridine rings is 1. The van der Waals surface area contributed by atoms with Gasteiger partial charge in [-0.2, -0.15) is 0 Å². The highest BCUT2D eigenvalue weighted by Crippen LogP contribution is 2.47. The molecular weight excluding hydrogens is 382 g/mol. The zero-order chi connectivity index (χ0) is 20.4. The lowest BCUT2D eigenvalue weighted by molar-refractivity contribution is 0.0695. The number of fused-ring (bicyclic) bond motifs is 1. The molecule has 28 heavy (non-hydrogen) atoms. The molecule has 2 fully saturated rings. The number of hydrogen-bond acceptors (Lipinski definition) is 5. The highest BCUT2D eigenvalue weighted by molar-refractivity contribution is 6.38. The summed E-state index contributed by atoms with van der Waals surface area (Å²) >= 11 is 6.79. The normalized spacial score (nSPS) is 21.9. The van der Waals surface area contributed by atoms with Crippen molar-refractivity contribution in [3.63, 3.8) is 0 Å². The van der Waals surface area contributed by atoms with Gasteiger partial charge in [-0.25, -0.2) is 4.79 Å². The highest BCUT2D eigenvalue weighted by Gasteiger charge is 2.37. The fourth-order valence-corrected chi connectivity index (χ4v) is 4.54. The first-order valence-electron chi connectivity index (χ1n) is 9.48. The van der Waals surface area contributed by atoms with Gasteiger partial charge < -0.3 is 25.4 Å². The summed E-state index contributed by atoms with van der Waals surface area (Å²) in [4.78, 5) is 26.3. The Bertz CT molecular complexity index is 1040. The second-order valence-corrected chi connectivity index (χ2v) is 8.87. The molecule has 2 aliphatic rings. The van der Waals surface area contributed by atoms with Gasteiger partial charge in [0.25, 0.3) is 0 Å². The summed E-state index contributed by atoms with van der Waals surface area (Å²) in [6, 6.07) is 1.41. The number of carboxylic acid groups (broad SMARTS) is 1. The molecule has 0 spiro atoms. The van der Waals surface area contributed by atoms with Crippen molar-refractivity contribution in [2.75, 3.05) is 11.4 Å². The number of halogens is 1. The van der Waals surface area contributed by atoms with E-state index in [1.165, 1.54) is 12.3 Å². The smallest absolute Gasteiger partial charge is 0.341 e. The van der Waals surface area contributed by atoms with Crippen LogP contribution in [0.2, 0.25) is 5.02 Å². The molecule has 1 saturated carbocycles. The summed E-state index contributed by atoms with van der Waals surface area (Å²) in [5.74, 6) is -1.43. The number of phenolic OH excluding ortho intramolecular Hbond substituents is 1. The third-order valence-electron chi connectivity index (χ3n) is 5.93. The Kier molecular flexibility index (Phi) is 4.35. The van der Waals surface area contributed by atoms with Crippen LogP contribution in [0.3, 0.4) is 0 Å². The number of rotatable bonds is 3. The molecule has 0 bridgehead atoms. The first-order valence-corrected chi connectivity index (χ1v) is 9.86. The Morgan fingerprint density at radius 2 is 2.00 bits per heavy atom. The molecule has 8 heteroatoms. The largest absolute Gasteiger partial charge is 0.506 e. The Morgan fingerprint density at radius 1 is 1.32 bits per heavy atom. The van der Waals surface area contributed by atoms with Gasteiger partial charge in [0.1, 0.15) is 17.0 Å². The van der Waals surface area contributed by atoms with E-state index in [-0.39, 0.29) is 39.3 Å². The van der Waals surface area contributed by atoms with Crippen molar-refractivity contribution in [2.24, 2.45) is 5.73 Å². The summed E-state index contributed by atoms with van der Waals surface area (Å²) in [5.41, 5.74) is 5.87. The van der Waals surface area contributed by atoms with Gasteiger partial charge in [-0.05, 0) is 45.6 Å². The molecule has 1 aromatic carbocycles. The average molecular weight is 406 g/mol. The molecule has 1 atom stereocenters. The van der Waals surface area contributed by atoms with Crippen molar-refractivity contribution < 1.29 is 15.0 Å². The van der Waals surface area contributed by atoms with E-state index in [0.29, 0.717) is 17.7 Å². The van der Waals surface area contributed by atoms with E-state index in [2.05, 4.69) is 13.8 Å². The number of carbonyl (C=O) groups is 1. The maximum Gasteiger partial charge on any atom is 0.341 e. The predicted molar refractivity (Wildman–Crippen MR) is 109 cm³/mol. The van der Waals surface area contributed by atoms with E-state index in [9.17, 15) is 19.8 Å². The summed E-state index contributed by atoms with van der Waals surface area (Å²) in [6.45, 7) is 4.67. The minimum atomic E-state index is -1.29. The lowest BCUT2D eigenvalue weighted by Gasteiger charge is -2.46. The number of piperidine rings is 1. The van der Waals surface area contributed by atoms with Crippen LogP contribution in [0.25, 0.3) is 10.9 Å². The van der Waals surface area contributed by atoms with Crippen LogP contribution >= 0.6 is 11.6 Å². The van der Waals surface area contributed by atoms with Gasteiger partial charge >= 0.3 is 5.97 Å². The van der Waals surface area contributed by atoms with Gasteiger partial charge in [0.2, 0.25) is 5.43 Å². The molecular formula is C20H24ClN3O4. The Hall–Kier alpha value is -2.25. The first kappa shape index (κ1) is 19.1. The average Bonchev–Trinajstić information content (AvgIpc) is 3.43. The first-order chi connectivity index (χ1) is 13.1. The maximum absolute atomic E-state index is 12.7. The zero-order valence-electron chi connectivity index (χ0n) is 15.9. The highest BCUT2D eigenvalue weighted by atomic mass is 35.5. The number of anilines is 1. The van der Waals surface area contributed by atoms with Gasteiger partial charge in [0.15, 0.2) is 0 Å². The monoisotopic (exact) mass is 405 g/mol. The molecule has 4 rings (SSSR count). The molecule has 1 aliphatic heterocycles. The number of aromatic hydroxyl groups is 1. The maximum atomic E-state index is 12.7. The molecule has 0 radical (unpaired) electrons. The third kappa shape index (κ3) is 2.93. The number of benzene rings is 1. The fraction of sp³-hybridized carbons (Fsp3) is 0.500. The second-order valence-electron chi connectivity index (χ2n) is 8.49.